The van der Waals surface area contributed by atoms with Gasteiger partial charge in [0.2, 0.25) is 11.2 Å². The maximum absolute atomic E-state index is 5.92. The normalized spacial score (nSPS) is 24.8. The zero-order chi connectivity index (χ0) is 12.4. The minimum atomic E-state index is 0.147. The summed E-state index contributed by atoms with van der Waals surface area (Å²) in [5.41, 5.74) is 5.92. The Morgan fingerprint density at radius 1 is 1.41 bits per heavy atom. The lowest BCUT2D eigenvalue weighted by molar-refractivity contribution is 0.374. The summed E-state index contributed by atoms with van der Waals surface area (Å²) >= 11 is 5.83. The van der Waals surface area contributed by atoms with E-state index in [1.54, 1.807) is 0 Å². The SMILES string of the molecule is COc1nc(Cl)nc(N2CCC(N)CC2C)n1. The van der Waals surface area contributed by atoms with Gasteiger partial charge in [0.15, 0.2) is 0 Å². The quantitative estimate of drug-likeness (QED) is 0.846. The molecule has 1 aromatic rings. The van der Waals surface area contributed by atoms with Crippen molar-refractivity contribution in [3.63, 3.8) is 0 Å². The van der Waals surface area contributed by atoms with Gasteiger partial charge in [-0.05, 0) is 31.4 Å². The fraction of sp³-hybridized carbons (Fsp3) is 0.700. The van der Waals surface area contributed by atoms with Crippen molar-refractivity contribution in [2.45, 2.75) is 31.8 Å². The highest BCUT2D eigenvalue weighted by Crippen LogP contribution is 2.23. The first-order valence-electron chi connectivity index (χ1n) is 5.58. The van der Waals surface area contributed by atoms with E-state index in [1.807, 2.05) is 0 Å². The van der Waals surface area contributed by atoms with Gasteiger partial charge < -0.3 is 15.4 Å². The van der Waals surface area contributed by atoms with Gasteiger partial charge in [0.05, 0.1) is 7.11 Å². The van der Waals surface area contributed by atoms with Gasteiger partial charge >= 0.3 is 6.01 Å². The maximum atomic E-state index is 5.92. The second-order valence-corrected chi connectivity index (χ2v) is 4.56. The van der Waals surface area contributed by atoms with E-state index in [9.17, 15) is 0 Å². The first-order valence-corrected chi connectivity index (χ1v) is 5.95. The molecular weight excluding hydrogens is 242 g/mol. The van der Waals surface area contributed by atoms with Gasteiger partial charge in [0.25, 0.3) is 0 Å². The van der Waals surface area contributed by atoms with Crippen molar-refractivity contribution in [1.82, 2.24) is 15.0 Å². The van der Waals surface area contributed by atoms with Gasteiger partial charge in [-0.2, -0.15) is 15.0 Å². The highest BCUT2D eigenvalue weighted by Gasteiger charge is 2.26. The molecule has 0 amide bonds. The molecule has 0 radical (unpaired) electrons. The molecule has 0 spiro atoms. The van der Waals surface area contributed by atoms with E-state index in [-0.39, 0.29) is 17.3 Å². The number of nitrogens with two attached hydrogens (primary N) is 1. The molecule has 1 fully saturated rings. The van der Waals surface area contributed by atoms with Crippen LogP contribution < -0.4 is 15.4 Å². The Morgan fingerprint density at radius 2 is 2.18 bits per heavy atom. The summed E-state index contributed by atoms with van der Waals surface area (Å²) in [5, 5.41) is 0.147. The second-order valence-electron chi connectivity index (χ2n) is 4.22. The van der Waals surface area contributed by atoms with Crippen molar-refractivity contribution in [2.24, 2.45) is 5.73 Å². The number of hydrogen-bond donors (Lipinski definition) is 1. The third-order valence-electron chi connectivity index (χ3n) is 2.93. The Kier molecular flexibility index (Phi) is 3.63. The Bertz CT molecular complexity index is 402. The third kappa shape index (κ3) is 2.76. The minimum Gasteiger partial charge on any atom is -0.467 e. The summed E-state index contributed by atoms with van der Waals surface area (Å²) in [6.07, 6.45) is 1.85. The number of hydrogen-bond acceptors (Lipinski definition) is 6. The largest absolute Gasteiger partial charge is 0.467 e. The topological polar surface area (TPSA) is 77.2 Å². The summed E-state index contributed by atoms with van der Waals surface area (Å²) in [6, 6.07) is 0.782. The summed E-state index contributed by atoms with van der Waals surface area (Å²) < 4.78 is 4.98. The standard InChI is InChI=1S/C10H16ClN5O/c1-6-5-7(12)3-4-16(6)9-13-8(11)14-10(15-9)17-2/h6-7H,3-5,12H2,1-2H3. The van der Waals surface area contributed by atoms with Gasteiger partial charge in [-0.1, -0.05) is 0 Å². The van der Waals surface area contributed by atoms with Crippen LogP contribution in [0.4, 0.5) is 5.95 Å². The number of halogens is 1. The number of piperidine rings is 1. The summed E-state index contributed by atoms with van der Waals surface area (Å²) in [4.78, 5) is 14.3. The maximum Gasteiger partial charge on any atom is 0.322 e. The first kappa shape index (κ1) is 12.3. The van der Waals surface area contributed by atoms with E-state index in [4.69, 9.17) is 22.1 Å². The van der Waals surface area contributed by atoms with Crippen molar-refractivity contribution in [3.05, 3.63) is 5.28 Å². The summed E-state index contributed by atoms with van der Waals surface area (Å²) in [6.45, 7) is 2.93. The molecule has 2 heterocycles. The van der Waals surface area contributed by atoms with Crippen LogP contribution in [0.5, 0.6) is 6.01 Å². The van der Waals surface area contributed by atoms with E-state index in [1.165, 1.54) is 7.11 Å². The number of rotatable bonds is 2. The molecule has 0 saturated carbocycles. The molecule has 1 saturated heterocycles. The zero-order valence-corrected chi connectivity index (χ0v) is 10.7. The van der Waals surface area contributed by atoms with Gasteiger partial charge in [-0.25, -0.2) is 0 Å². The number of methoxy groups -OCH3 is 1. The van der Waals surface area contributed by atoms with E-state index in [2.05, 4.69) is 26.8 Å². The highest BCUT2D eigenvalue weighted by molar-refractivity contribution is 6.28. The van der Waals surface area contributed by atoms with E-state index in [0.717, 1.165) is 19.4 Å². The van der Waals surface area contributed by atoms with Crippen LogP contribution in [0.3, 0.4) is 0 Å². The molecule has 0 bridgehead atoms. The lowest BCUT2D eigenvalue weighted by Gasteiger charge is -2.36. The van der Waals surface area contributed by atoms with Crippen LogP contribution in [-0.4, -0.2) is 40.7 Å². The molecular formula is C10H16ClN5O. The summed E-state index contributed by atoms with van der Waals surface area (Å²) in [7, 11) is 1.50. The molecule has 2 N–H and O–H groups in total. The number of aromatic nitrogens is 3. The lowest BCUT2D eigenvalue weighted by Crippen LogP contribution is -2.46. The highest BCUT2D eigenvalue weighted by atomic mass is 35.5. The van der Waals surface area contributed by atoms with Gasteiger partial charge in [0, 0.05) is 18.6 Å². The Morgan fingerprint density at radius 3 is 2.82 bits per heavy atom. The van der Waals surface area contributed by atoms with Crippen LogP contribution in [0, 0.1) is 0 Å². The van der Waals surface area contributed by atoms with Crippen molar-refractivity contribution < 1.29 is 4.74 Å². The lowest BCUT2D eigenvalue weighted by atomic mass is 10.00. The Labute approximate surface area is 105 Å². The van der Waals surface area contributed by atoms with E-state index >= 15 is 0 Å². The Balaban J connectivity index is 2.24. The molecule has 6 nitrogen and oxygen atoms in total. The zero-order valence-electron chi connectivity index (χ0n) is 9.93. The number of ether oxygens (including phenoxy) is 1. The predicted octanol–water partition coefficient (Wildman–Crippen LogP) is 0.850. The molecule has 1 aliphatic rings. The van der Waals surface area contributed by atoms with Gasteiger partial charge in [-0.3, -0.25) is 0 Å². The number of nitrogens with zero attached hydrogens (tertiary/aromatic N) is 4. The molecule has 1 aliphatic heterocycles. The monoisotopic (exact) mass is 257 g/mol. The average molecular weight is 258 g/mol. The van der Waals surface area contributed by atoms with Gasteiger partial charge in [0.1, 0.15) is 0 Å². The molecule has 94 valence electrons. The molecule has 0 aromatic carbocycles. The smallest absolute Gasteiger partial charge is 0.322 e. The van der Waals surface area contributed by atoms with Crippen molar-refractivity contribution in [3.8, 4) is 6.01 Å². The predicted molar refractivity (Wildman–Crippen MR) is 65.4 cm³/mol. The fourth-order valence-electron chi connectivity index (χ4n) is 2.05. The van der Waals surface area contributed by atoms with Gasteiger partial charge in [-0.15, -0.1) is 0 Å². The average Bonchev–Trinajstić information content (AvgIpc) is 2.28. The first-order chi connectivity index (χ1) is 8.10. The van der Waals surface area contributed by atoms with Crippen LogP contribution in [0.1, 0.15) is 19.8 Å². The molecule has 0 aliphatic carbocycles. The van der Waals surface area contributed by atoms with E-state index in [0.29, 0.717) is 12.0 Å². The Hall–Kier alpha value is -1.14. The molecule has 2 rings (SSSR count). The molecule has 2 atom stereocenters. The van der Waals surface area contributed by atoms with Crippen LogP contribution in [-0.2, 0) is 0 Å². The fourth-order valence-corrected chi connectivity index (χ4v) is 2.20. The van der Waals surface area contributed by atoms with Crippen LogP contribution in [0.2, 0.25) is 5.28 Å². The van der Waals surface area contributed by atoms with Crippen molar-refractivity contribution >= 4 is 17.5 Å². The number of anilines is 1. The molecule has 7 heteroatoms. The molecule has 1 aromatic heterocycles. The second kappa shape index (κ2) is 5.01. The third-order valence-corrected chi connectivity index (χ3v) is 3.10. The minimum absolute atomic E-state index is 0.147. The van der Waals surface area contributed by atoms with Crippen molar-refractivity contribution in [2.75, 3.05) is 18.6 Å². The van der Waals surface area contributed by atoms with E-state index < -0.39 is 0 Å². The van der Waals surface area contributed by atoms with Crippen molar-refractivity contribution in [1.29, 1.82) is 0 Å². The molecule has 17 heavy (non-hydrogen) atoms. The van der Waals surface area contributed by atoms with Crippen LogP contribution in [0.15, 0.2) is 0 Å². The molecule has 2 unspecified atom stereocenters. The summed E-state index contributed by atoms with van der Waals surface area (Å²) in [5.74, 6) is 0.557. The van der Waals surface area contributed by atoms with Crippen LogP contribution >= 0.6 is 11.6 Å². The van der Waals surface area contributed by atoms with Crippen LogP contribution in [0.25, 0.3) is 0 Å².